The van der Waals surface area contributed by atoms with Crippen LogP contribution >= 0.6 is 0 Å². The largest absolute Gasteiger partial charge is 0.508 e. The number of phenolic OH excluding ortho intramolecular Hbond substituents is 1. The van der Waals surface area contributed by atoms with Crippen LogP contribution in [0.4, 0.5) is 24.8 Å². The van der Waals surface area contributed by atoms with Gasteiger partial charge in [0.25, 0.3) is 5.91 Å². The first kappa shape index (κ1) is 45.9. The summed E-state index contributed by atoms with van der Waals surface area (Å²) in [7, 11) is 0. The highest BCUT2D eigenvalue weighted by Crippen LogP contribution is 2.65. The first-order valence-corrected chi connectivity index (χ1v) is 23.7. The summed E-state index contributed by atoms with van der Waals surface area (Å²) in [6, 6.07) is 8.65. The van der Waals surface area contributed by atoms with Gasteiger partial charge in [0, 0.05) is 58.9 Å². The number of nitrogens with zero attached hydrogens (tertiary/aromatic N) is 7. The second-order valence-corrected chi connectivity index (χ2v) is 19.9. The first-order chi connectivity index (χ1) is 31.2. The maximum absolute atomic E-state index is 13.1. The zero-order valence-electron chi connectivity index (χ0n) is 37.2. The van der Waals surface area contributed by atoms with Crippen molar-refractivity contribution in [1.29, 1.82) is 0 Å². The molecule has 65 heavy (non-hydrogen) atoms. The van der Waals surface area contributed by atoms with Crippen LogP contribution in [0.2, 0.25) is 0 Å². The average Bonchev–Trinajstić information content (AvgIpc) is 3.57. The number of anilines is 2. The van der Waals surface area contributed by atoms with Crippen molar-refractivity contribution in [2.24, 2.45) is 23.2 Å². The summed E-state index contributed by atoms with van der Waals surface area (Å²) in [5.74, 6) is 2.75. The van der Waals surface area contributed by atoms with Crippen molar-refractivity contribution >= 4 is 17.5 Å². The fourth-order valence-electron chi connectivity index (χ4n) is 12.4. The normalized spacial score (nSPS) is 32.4. The smallest absolute Gasteiger partial charge is 0.434 e. The number of fused-ring (bicyclic) bond motifs is 5. The number of aliphatic hydroxyl groups is 3. The number of nitrogens with one attached hydrogen (secondary N) is 2. The lowest BCUT2D eigenvalue weighted by atomic mass is 9.53. The van der Waals surface area contributed by atoms with Gasteiger partial charge in [-0.25, -0.2) is 4.98 Å². The van der Waals surface area contributed by atoms with E-state index in [1.165, 1.54) is 11.1 Å². The van der Waals surface area contributed by atoms with Crippen LogP contribution < -0.4 is 15.5 Å². The highest BCUT2D eigenvalue weighted by atomic mass is 19.4. The van der Waals surface area contributed by atoms with Crippen molar-refractivity contribution in [3.8, 4) is 5.75 Å². The van der Waals surface area contributed by atoms with Gasteiger partial charge in [0.1, 0.15) is 23.8 Å². The Hall–Kier alpha value is -4.20. The molecule has 3 aliphatic carbocycles. The molecule has 6 aliphatic rings. The molecule has 3 aliphatic heterocycles. The molecule has 3 aromatic rings. The molecule has 2 saturated carbocycles. The van der Waals surface area contributed by atoms with Gasteiger partial charge in [0.05, 0.1) is 36.7 Å². The summed E-state index contributed by atoms with van der Waals surface area (Å²) < 4.78 is 45.1. The predicted octanol–water partition coefficient (Wildman–Crippen LogP) is 4.22. The third kappa shape index (κ3) is 9.66. The molecule has 15 nitrogen and oxygen atoms in total. The molecule has 354 valence electrons. The Morgan fingerprint density at radius 2 is 1.69 bits per heavy atom. The van der Waals surface area contributed by atoms with E-state index >= 15 is 0 Å². The number of hydrogen-bond acceptors (Lipinski definition) is 14. The van der Waals surface area contributed by atoms with Crippen LogP contribution in [0.1, 0.15) is 97.9 Å². The van der Waals surface area contributed by atoms with Crippen LogP contribution in [0.15, 0.2) is 42.7 Å². The number of piperidine rings is 1. The molecule has 0 radical (unpaired) electrons. The molecule has 0 spiro atoms. The summed E-state index contributed by atoms with van der Waals surface area (Å²) in [5.41, 5.74) is 0.920. The number of ether oxygens (including phenoxy) is 1. The second-order valence-electron chi connectivity index (χ2n) is 19.9. The van der Waals surface area contributed by atoms with Gasteiger partial charge in [-0.05, 0) is 129 Å². The van der Waals surface area contributed by atoms with Crippen LogP contribution in [-0.4, -0.2) is 152 Å². The summed E-state index contributed by atoms with van der Waals surface area (Å²) in [6.45, 7) is 9.17. The SMILES string of the molecule is C[C@]12CC[C@@H]3c4ccc(O)cc4CC[C@H]3[C@@H]1CC[C@@]2(O)CCCNC(=O)c1ccc(N2CCC(CN3CCN(C[C@H]4OC[C@H](Nc5cncc(C(F)(F)F)n5)[C@@H](O)[C@H]4O)CC3)CC2)nn1. The Kier molecular flexibility index (Phi) is 13.3. The van der Waals surface area contributed by atoms with E-state index in [-0.39, 0.29) is 29.4 Å². The second kappa shape index (κ2) is 18.8. The van der Waals surface area contributed by atoms with Crippen LogP contribution in [0.5, 0.6) is 5.75 Å². The third-order valence-electron chi connectivity index (χ3n) is 16.2. The van der Waals surface area contributed by atoms with Crippen molar-refractivity contribution in [3.63, 3.8) is 0 Å². The van der Waals surface area contributed by atoms with Gasteiger partial charge in [-0.1, -0.05) is 13.0 Å². The summed E-state index contributed by atoms with van der Waals surface area (Å²) in [6.07, 6.45) is 3.30. The minimum absolute atomic E-state index is 0.00914. The van der Waals surface area contributed by atoms with Crippen molar-refractivity contribution < 1.29 is 43.1 Å². The Labute approximate surface area is 378 Å². The molecule has 5 fully saturated rings. The number of alkyl halides is 3. The van der Waals surface area contributed by atoms with E-state index in [2.05, 4.69) is 58.5 Å². The highest BCUT2D eigenvalue weighted by Gasteiger charge is 2.61. The molecule has 3 saturated heterocycles. The first-order valence-electron chi connectivity index (χ1n) is 23.7. The van der Waals surface area contributed by atoms with Crippen molar-refractivity contribution in [1.82, 2.24) is 35.3 Å². The van der Waals surface area contributed by atoms with E-state index in [0.717, 1.165) is 109 Å². The molecule has 6 N–H and O–H groups in total. The zero-order chi connectivity index (χ0) is 45.5. The Balaban J connectivity index is 0.661. The molecule has 0 unspecified atom stereocenters. The monoisotopic (exact) mass is 907 g/mol. The van der Waals surface area contributed by atoms with Gasteiger partial charge >= 0.3 is 6.18 Å². The predicted molar refractivity (Wildman–Crippen MR) is 235 cm³/mol. The maximum atomic E-state index is 13.1. The molecule has 9 atom stereocenters. The number of aryl methyl sites for hydroxylation is 1. The molecule has 1 aromatic carbocycles. The van der Waals surface area contributed by atoms with Gasteiger partial charge in [0.2, 0.25) is 0 Å². The number of aliphatic hydroxyl groups excluding tert-OH is 2. The number of rotatable bonds is 12. The Morgan fingerprint density at radius 1 is 0.923 bits per heavy atom. The van der Waals surface area contributed by atoms with Crippen LogP contribution in [-0.2, 0) is 17.3 Å². The third-order valence-corrected chi connectivity index (χ3v) is 16.2. The zero-order valence-corrected chi connectivity index (χ0v) is 37.2. The Bertz CT molecular complexity index is 2120. The number of benzene rings is 1. The summed E-state index contributed by atoms with van der Waals surface area (Å²) >= 11 is 0. The van der Waals surface area contributed by atoms with E-state index < -0.39 is 41.8 Å². The van der Waals surface area contributed by atoms with Crippen molar-refractivity contribution in [2.45, 2.75) is 113 Å². The van der Waals surface area contributed by atoms with E-state index in [9.17, 15) is 38.4 Å². The van der Waals surface area contributed by atoms with Crippen molar-refractivity contribution in [2.75, 3.05) is 75.7 Å². The van der Waals surface area contributed by atoms with Crippen LogP contribution in [0, 0.1) is 23.2 Å². The number of halogens is 3. The standard InChI is InChI=1S/C47H64F3N9O6/c1-45-14-9-33-32-6-4-31(60)23-30(32)3-5-34(33)35(45)10-15-46(45,64)13-2-16-52-44(63)36-7-8-41(56-55-36)59-17-11-29(12-18-59)26-57-19-21-58(22-20-57)27-38-43(62)42(61)37(28-65-38)53-40-25-51-24-39(54-40)47(48,49)50/h4,6-8,23-25,29,33-35,37-38,42-43,60-62,64H,2-3,5,9-22,26-28H2,1H3,(H,52,63)(H,53,54)/t33-,34-,35+,37+,38-,42-,43+,45+,46+/m1/s1. The quantitative estimate of drug-likeness (QED) is 0.142. The van der Waals surface area contributed by atoms with E-state index in [0.29, 0.717) is 61.5 Å². The van der Waals surface area contributed by atoms with Gasteiger partial charge in [-0.2, -0.15) is 13.2 Å². The number of carbonyl (C=O) groups is 1. The van der Waals surface area contributed by atoms with E-state index in [4.69, 9.17) is 4.74 Å². The lowest BCUT2D eigenvalue weighted by Crippen LogP contribution is -2.59. The van der Waals surface area contributed by atoms with Crippen LogP contribution in [0.3, 0.4) is 0 Å². The average molecular weight is 908 g/mol. The molecular formula is C47H64F3N9O6. The number of phenols is 1. The minimum atomic E-state index is -4.65. The van der Waals surface area contributed by atoms with Crippen LogP contribution in [0.25, 0.3) is 0 Å². The number of hydrogen-bond donors (Lipinski definition) is 6. The molecule has 2 aromatic heterocycles. The topological polar surface area (TPSA) is 193 Å². The fourth-order valence-corrected chi connectivity index (χ4v) is 12.4. The lowest BCUT2D eigenvalue weighted by Gasteiger charge is -2.53. The number of aromatic nitrogens is 4. The van der Waals surface area contributed by atoms with Gasteiger partial charge < -0.3 is 45.6 Å². The van der Waals surface area contributed by atoms with Gasteiger partial charge in [0.15, 0.2) is 17.2 Å². The Morgan fingerprint density at radius 3 is 2.43 bits per heavy atom. The number of carbonyl (C=O) groups excluding carboxylic acids is 1. The minimum Gasteiger partial charge on any atom is -0.508 e. The molecule has 5 heterocycles. The summed E-state index contributed by atoms with van der Waals surface area (Å²) in [5, 5.41) is 58.3. The lowest BCUT2D eigenvalue weighted by molar-refractivity contribution is -0.148. The number of amides is 1. The van der Waals surface area contributed by atoms with Gasteiger partial charge in [-0.3, -0.25) is 14.7 Å². The highest BCUT2D eigenvalue weighted by molar-refractivity contribution is 5.92. The van der Waals surface area contributed by atoms with Gasteiger partial charge in [-0.15, -0.1) is 10.2 Å². The fraction of sp³-hybridized carbons (Fsp3) is 0.681. The van der Waals surface area contributed by atoms with E-state index in [1.54, 1.807) is 6.07 Å². The van der Waals surface area contributed by atoms with Crippen molar-refractivity contribution in [3.05, 3.63) is 65.2 Å². The molecule has 18 heteroatoms. The molecule has 1 amide bonds. The molecule has 9 rings (SSSR count). The maximum Gasteiger partial charge on any atom is 0.434 e. The summed E-state index contributed by atoms with van der Waals surface area (Å²) in [4.78, 5) is 27.1. The molecule has 0 bridgehead atoms. The van der Waals surface area contributed by atoms with E-state index in [1.807, 2.05) is 18.2 Å². The number of aromatic hydroxyl groups is 1. The molecular weight excluding hydrogens is 844 g/mol. The number of piperazine rings is 1.